The number of fused-ring (bicyclic) bond motifs is 1. The Morgan fingerprint density at radius 1 is 1.64 bits per heavy atom. The predicted molar refractivity (Wildman–Crippen MR) is 86.6 cm³/mol. The molecular formula is C12H10N6O2S2. The van der Waals surface area contributed by atoms with Crippen molar-refractivity contribution < 1.29 is 9.90 Å². The minimum Gasteiger partial charge on any atom is -0.481 e. The number of nitrogens with two attached hydrogens (primary N) is 1. The lowest BCUT2D eigenvalue weighted by Crippen LogP contribution is -2.21. The van der Waals surface area contributed by atoms with Crippen LogP contribution in [0.3, 0.4) is 0 Å². The van der Waals surface area contributed by atoms with Crippen molar-refractivity contribution in [2.75, 3.05) is 11.2 Å². The standard InChI is InChI=1S/C12H10N6O2S2/c13-4-8(11(14)15)18-17-6-1-2-7-9(3-6)22-12(16-7)21-5-10(19)20/h1-3,17H,5H2,(H3,14,15)(H,19,20)/b18-8+. The van der Waals surface area contributed by atoms with Crippen LogP contribution in [-0.2, 0) is 4.79 Å². The molecule has 1 aromatic carbocycles. The molecule has 0 aliphatic heterocycles. The number of hydrazone groups is 1. The smallest absolute Gasteiger partial charge is 0.313 e. The number of aliphatic carboxylic acids is 1. The molecule has 0 aliphatic carbocycles. The lowest BCUT2D eigenvalue weighted by Gasteiger charge is -2.00. The van der Waals surface area contributed by atoms with Crippen LogP contribution in [0.15, 0.2) is 27.6 Å². The molecule has 5 N–H and O–H groups in total. The first-order valence-electron chi connectivity index (χ1n) is 5.83. The van der Waals surface area contributed by atoms with Gasteiger partial charge in [-0.05, 0) is 18.2 Å². The number of amidine groups is 1. The van der Waals surface area contributed by atoms with E-state index in [2.05, 4.69) is 15.5 Å². The van der Waals surface area contributed by atoms with Crippen LogP contribution < -0.4 is 11.2 Å². The molecule has 0 aliphatic rings. The molecule has 112 valence electrons. The van der Waals surface area contributed by atoms with Gasteiger partial charge in [0.15, 0.2) is 10.2 Å². The first kappa shape index (κ1) is 15.7. The van der Waals surface area contributed by atoms with Gasteiger partial charge in [-0.2, -0.15) is 10.4 Å². The molecule has 0 radical (unpaired) electrons. The fourth-order valence-corrected chi connectivity index (χ4v) is 3.25. The summed E-state index contributed by atoms with van der Waals surface area (Å²) in [7, 11) is 0. The molecular weight excluding hydrogens is 324 g/mol. The van der Waals surface area contributed by atoms with Gasteiger partial charge in [-0.25, -0.2) is 4.98 Å². The van der Waals surface area contributed by atoms with E-state index in [1.54, 1.807) is 24.3 Å². The van der Waals surface area contributed by atoms with Crippen molar-refractivity contribution in [1.82, 2.24) is 4.98 Å². The maximum Gasteiger partial charge on any atom is 0.313 e. The number of carbonyl (C=O) groups is 1. The first-order chi connectivity index (χ1) is 10.5. The molecule has 0 atom stereocenters. The van der Waals surface area contributed by atoms with E-state index in [-0.39, 0.29) is 11.5 Å². The second-order valence-corrected chi connectivity index (χ2v) is 6.20. The Hall–Kier alpha value is -2.64. The van der Waals surface area contributed by atoms with E-state index in [4.69, 9.17) is 21.5 Å². The van der Waals surface area contributed by atoms with Gasteiger partial charge in [-0.1, -0.05) is 11.8 Å². The molecule has 0 spiro atoms. The average Bonchev–Trinajstić information content (AvgIpc) is 2.87. The molecule has 0 bridgehead atoms. The number of carboxylic acids is 1. The molecule has 0 unspecified atom stereocenters. The minimum atomic E-state index is -0.894. The average molecular weight is 334 g/mol. The number of hydrogen-bond acceptors (Lipinski definition) is 8. The summed E-state index contributed by atoms with van der Waals surface area (Å²) in [6, 6.07) is 6.96. The van der Waals surface area contributed by atoms with Gasteiger partial charge in [-0.15, -0.1) is 11.3 Å². The quantitative estimate of drug-likeness (QED) is 0.272. The monoisotopic (exact) mass is 334 g/mol. The summed E-state index contributed by atoms with van der Waals surface area (Å²) in [5.41, 5.74) is 9.00. The van der Waals surface area contributed by atoms with Crippen molar-refractivity contribution in [3.8, 4) is 6.07 Å². The fourth-order valence-electron chi connectivity index (χ4n) is 1.42. The second-order valence-electron chi connectivity index (χ2n) is 3.94. The van der Waals surface area contributed by atoms with Crippen LogP contribution in [-0.4, -0.2) is 33.4 Å². The molecule has 8 nitrogen and oxygen atoms in total. The zero-order valence-corrected chi connectivity index (χ0v) is 12.7. The SMILES string of the molecule is N#C/C(=N\Nc1ccc2nc(SCC(=O)O)sc2c1)C(=N)N. The molecule has 2 rings (SSSR count). The van der Waals surface area contributed by atoms with Gasteiger partial charge in [0.1, 0.15) is 6.07 Å². The third kappa shape index (κ3) is 3.94. The van der Waals surface area contributed by atoms with Crippen LogP contribution >= 0.6 is 23.1 Å². The van der Waals surface area contributed by atoms with Gasteiger partial charge in [0, 0.05) is 0 Å². The van der Waals surface area contributed by atoms with E-state index in [0.29, 0.717) is 10.0 Å². The summed E-state index contributed by atoms with van der Waals surface area (Å²) in [5.74, 6) is -1.35. The van der Waals surface area contributed by atoms with Crippen molar-refractivity contribution in [1.29, 1.82) is 10.7 Å². The first-order valence-corrected chi connectivity index (χ1v) is 7.63. The minimum absolute atomic E-state index is 0.0423. The number of nitrogens with one attached hydrogen (secondary N) is 2. The lowest BCUT2D eigenvalue weighted by atomic mass is 10.3. The van der Waals surface area contributed by atoms with Crippen LogP contribution in [0.5, 0.6) is 0 Å². The second kappa shape index (κ2) is 6.88. The Kier molecular flexibility index (Phi) is 4.92. The van der Waals surface area contributed by atoms with E-state index < -0.39 is 11.8 Å². The maximum atomic E-state index is 10.6. The number of carboxylic acid groups (broad SMARTS) is 1. The Morgan fingerprint density at radius 2 is 2.41 bits per heavy atom. The molecule has 0 fully saturated rings. The highest BCUT2D eigenvalue weighted by atomic mass is 32.2. The largest absolute Gasteiger partial charge is 0.481 e. The molecule has 22 heavy (non-hydrogen) atoms. The summed E-state index contributed by atoms with van der Waals surface area (Å²) in [6.45, 7) is 0. The van der Waals surface area contributed by atoms with Crippen molar-refractivity contribution >= 4 is 56.5 Å². The highest BCUT2D eigenvalue weighted by Gasteiger charge is 2.08. The molecule has 10 heteroatoms. The van der Waals surface area contributed by atoms with Gasteiger partial charge in [0.05, 0.1) is 21.7 Å². The van der Waals surface area contributed by atoms with E-state index in [0.717, 1.165) is 22.0 Å². The Bertz CT molecular complexity index is 808. The van der Waals surface area contributed by atoms with Crippen molar-refractivity contribution in [2.45, 2.75) is 4.34 Å². The summed E-state index contributed by atoms with van der Waals surface area (Å²) in [5, 5.41) is 28.3. The van der Waals surface area contributed by atoms with Crippen molar-refractivity contribution in [2.24, 2.45) is 10.8 Å². The summed E-state index contributed by atoms with van der Waals surface area (Å²) in [6.07, 6.45) is 0. The summed E-state index contributed by atoms with van der Waals surface area (Å²) in [4.78, 5) is 14.9. The Morgan fingerprint density at radius 3 is 3.05 bits per heavy atom. The van der Waals surface area contributed by atoms with Gasteiger partial charge in [0.2, 0.25) is 5.71 Å². The summed E-state index contributed by atoms with van der Waals surface area (Å²) < 4.78 is 1.52. The molecule has 0 saturated carbocycles. The zero-order valence-electron chi connectivity index (χ0n) is 11.0. The predicted octanol–water partition coefficient (Wildman–Crippen LogP) is 1.70. The van der Waals surface area contributed by atoms with E-state index in [1.165, 1.54) is 11.3 Å². The zero-order chi connectivity index (χ0) is 16.1. The van der Waals surface area contributed by atoms with Crippen LogP contribution in [0.25, 0.3) is 10.2 Å². The topological polar surface area (TPSA) is 148 Å². The Labute approximate surface area is 133 Å². The number of thioether (sulfide) groups is 1. The van der Waals surface area contributed by atoms with Crippen molar-refractivity contribution in [3.63, 3.8) is 0 Å². The number of nitrogens with zero attached hydrogens (tertiary/aromatic N) is 3. The molecule has 2 aromatic rings. The van der Waals surface area contributed by atoms with Crippen LogP contribution in [0, 0.1) is 16.7 Å². The fraction of sp³-hybridized carbons (Fsp3) is 0.0833. The highest BCUT2D eigenvalue weighted by molar-refractivity contribution is 8.01. The number of nitriles is 1. The molecule has 1 heterocycles. The molecule has 0 saturated heterocycles. The number of aromatic nitrogens is 1. The van der Waals surface area contributed by atoms with Gasteiger partial charge in [-0.3, -0.25) is 15.6 Å². The number of thiazole rings is 1. The lowest BCUT2D eigenvalue weighted by molar-refractivity contribution is -0.133. The third-order valence-electron chi connectivity index (χ3n) is 2.35. The van der Waals surface area contributed by atoms with Gasteiger partial charge >= 0.3 is 5.97 Å². The van der Waals surface area contributed by atoms with Crippen LogP contribution in [0.1, 0.15) is 0 Å². The van der Waals surface area contributed by atoms with E-state index in [1.807, 2.05) is 0 Å². The van der Waals surface area contributed by atoms with E-state index in [9.17, 15) is 4.79 Å². The van der Waals surface area contributed by atoms with E-state index >= 15 is 0 Å². The number of anilines is 1. The number of rotatable bonds is 6. The number of hydrogen-bond donors (Lipinski definition) is 4. The molecule has 0 amide bonds. The van der Waals surface area contributed by atoms with Gasteiger partial charge < -0.3 is 10.8 Å². The number of benzene rings is 1. The normalized spacial score (nSPS) is 11.1. The van der Waals surface area contributed by atoms with Crippen molar-refractivity contribution in [3.05, 3.63) is 18.2 Å². The summed E-state index contributed by atoms with van der Waals surface area (Å²) >= 11 is 2.53. The third-order valence-corrected chi connectivity index (χ3v) is 4.49. The maximum absolute atomic E-state index is 10.6. The molecule has 1 aromatic heterocycles. The van der Waals surface area contributed by atoms with Crippen LogP contribution in [0.2, 0.25) is 0 Å². The Balaban J connectivity index is 2.18. The van der Waals surface area contributed by atoms with Crippen LogP contribution in [0.4, 0.5) is 5.69 Å². The highest BCUT2D eigenvalue weighted by Crippen LogP contribution is 2.31. The van der Waals surface area contributed by atoms with Gasteiger partial charge in [0.25, 0.3) is 0 Å².